The number of benzene rings is 7. The molecule has 0 aliphatic carbocycles. The molecule has 2 heteroatoms. The molecule has 0 unspecified atom stereocenters. The molecule has 9 rings (SSSR count). The smallest absolute Gasteiger partial charge is 0.0548 e. The van der Waals surface area contributed by atoms with Crippen LogP contribution in [0.15, 0.2) is 164 Å². The fourth-order valence-corrected chi connectivity index (χ4v) is 8.05. The van der Waals surface area contributed by atoms with Crippen molar-refractivity contribution in [2.75, 3.05) is 0 Å². The van der Waals surface area contributed by atoms with E-state index in [-0.39, 0.29) is 0 Å². The minimum absolute atomic E-state index is 1.17. The number of thiophene rings is 1. The van der Waals surface area contributed by atoms with Crippen molar-refractivity contribution in [1.82, 2.24) is 4.57 Å². The molecule has 7 aromatic carbocycles. The minimum Gasteiger partial charge on any atom is -0.309 e. The molecule has 0 aliphatic rings. The van der Waals surface area contributed by atoms with Crippen LogP contribution in [0, 0.1) is 0 Å². The molecule has 0 N–H and O–H groups in total. The standard InChI is InChI=1S/C42H27NS/c1-4-13-28(14-5-1)31-25-32(29-15-6-2-7-16-29)27-33(26-31)43-37-22-11-10-19-35(37)40-38(43)23-24-39-41(40)36-21-12-20-34(42(36)44-39)30-17-8-3-9-18-30/h1-27H. The van der Waals surface area contributed by atoms with Gasteiger partial charge in [-0.05, 0) is 69.8 Å². The van der Waals surface area contributed by atoms with Gasteiger partial charge in [-0.3, -0.25) is 0 Å². The topological polar surface area (TPSA) is 4.93 Å². The van der Waals surface area contributed by atoms with Crippen LogP contribution in [-0.4, -0.2) is 4.57 Å². The van der Waals surface area contributed by atoms with Crippen molar-refractivity contribution in [3.8, 4) is 39.1 Å². The average molecular weight is 578 g/mol. The van der Waals surface area contributed by atoms with Crippen LogP contribution < -0.4 is 0 Å². The molecule has 0 saturated heterocycles. The van der Waals surface area contributed by atoms with Gasteiger partial charge in [0.15, 0.2) is 0 Å². The first-order chi connectivity index (χ1) is 21.8. The van der Waals surface area contributed by atoms with Crippen LogP contribution in [0.1, 0.15) is 0 Å². The molecule has 0 bridgehead atoms. The molecule has 0 amide bonds. The molecule has 0 atom stereocenters. The van der Waals surface area contributed by atoms with Crippen LogP contribution >= 0.6 is 11.3 Å². The third kappa shape index (κ3) is 3.92. The van der Waals surface area contributed by atoms with Gasteiger partial charge in [0, 0.05) is 36.6 Å². The zero-order valence-corrected chi connectivity index (χ0v) is 24.8. The summed E-state index contributed by atoms with van der Waals surface area (Å²) in [5.74, 6) is 0. The van der Waals surface area contributed by atoms with Crippen LogP contribution in [-0.2, 0) is 0 Å². The van der Waals surface area contributed by atoms with E-state index < -0.39 is 0 Å². The van der Waals surface area contributed by atoms with E-state index in [1.807, 2.05) is 11.3 Å². The Morgan fingerprint density at radius 3 is 1.66 bits per heavy atom. The van der Waals surface area contributed by atoms with E-state index in [2.05, 4.69) is 168 Å². The quantitative estimate of drug-likeness (QED) is 0.196. The molecule has 2 heterocycles. The molecular formula is C42H27NS. The molecular weight excluding hydrogens is 551 g/mol. The summed E-state index contributed by atoms with van der Waals surface area (Å²) in [6, 6.07) is 59.5. The Balaban J connectivity index is 1.38. The zero-order valence-electron chi connectivity index (χ0n) is 23.9. The molecule has 206 valence electrons. The normalized spacial score (nSPS) is 11.6. The summed E-state index contributed by atoms with van der Waals surface area (Å²) in [4.78, 5) is 0. The molecule has 0 aliphatic heterocycles. The first-order valence-corrected chi connectivity index (χ1v) is 15.8. The summed E-state index contributed by atoms with van der Waals surface area (Å²) in [5.41, 5.74) is 11.0. The Morgan fingerprint density at radius 1 is 0.386 bits per heavy atom. The summed E-state index contributed by atoms with van der Waals surface area (Å²) in [7, 11) is 0. The van der Waals surface area contributed by atoms with E-state index in [1.54, 1.807) is 0 Å². The number of aromatic nitrogens is 1. The van der Waals surface area contributed by atoms with Gasteiger partial charge in [-0.15, -0.1) is 11.3 Å². The summed E-state index contributed by atoms with van der Waals surface area (Å²) in [6.45, 7) is 0. The maximum Gasteiger partial charge on any atom is 0.0548 e. The lowest BCUT2D eigenvalue weighted by atomic mass is 9.98. The lowest BCUT2D eigenvalue weighted by molar-refractivity contribution is 1.18. The highest BCUT2D eigenvalue weighted by atomic mass is 32.1. The minimum atomic E-state index is 1.17. The van der Waals surface area contributed by atoms with Gasteiger partial charge in [-0.25, -0.2) is 0 Å². The maximum atomic E-state index is 2.47. The van der Waals surface area contributed by atoms with Crippen LogP contribution in [0.2, 0.25) is 0 Å². The van der Waals surface area contributed by atoms with Crippen molar-refractivity contribution in [2.24, 2.45) is 0 Å². The molecule has 2 aromatic heterocycles. The van der Waals surface area contributed by atoms with Crippen molar-refractivity contribution in [2.45, 2.75) is 0 Å². The Labute approximate surface area is 259 Å². The summed E-state index contributed by atoms with van der Waals surface area (Å²) < 4.78 is 5.13. The molecule has 0 spiro atoms. The lowest BCUT2D eigenvalue weighted by Crippen LogP contribution is -1.96. The van der Waals surface area contributed by atoms with Gasteiger partial charge in [-0.1, -0.05) is 127 Å². The molecule has 44 heavy (non-hydrogen) atoms. The van der Waals surface area contributed by atoms with Crippen molar-refractivity contribution < 1.29 is 0 Å². The largest absolute Gasteiger partial charge is 0.309 e. The monoisotopic (exact) mass is 577 g/mol. The molecule has 9 aromatic rings. The van der Waals surface area contributed by atoms with Crippen LogP contribution in [0.4, 0.5) is 0 Å². The summed E-state index contributed by atoms with van der Waals surface area (Å²) >= 11 is 1.90. The number of hydrogen-bond donors (Lipinski definition) is 0. The summed E-state index contributed by atoms with van der Waals surface area (Å²) in [5, 5.41) is 5.27. The molecule has 0 fully saturated rings. The zero-order chi connectivity index (χ0) is 29.0. The highest BCUT2D eigenvalue weighted by molar-refractivity contribution is 7.26. The molecule has 0 saturated carbocycles. The SMILES string of the molecule is c1ccc(-c2cc(-c3ccccc3)cc(-n3c4ccccc4c4c5c(ccc43)sc3c(-c4ccccc4)cccc35)c2)cc1. The van der Waals surface area contributed by atoms with Crippen molar-refractivity contribution >= 4 is 53.3 Å². The Morgan fingerprint density at radius 2 is 0.977 bits per heavy atom. The Bertz CT molecular complexity index is 2410. The van der Waals surface area contributed by atoms with Gasteiger partial charge in [0.25, 0.3) is 0 Å². The van der Waals surface area contributed by atoms with Crippen LogP contribution in [0.3, 0.4) is 0 Å². The van der Waals surface area contributed by atoms with E-state index in [0.717, 1.165) is 0 Å². The third-order valence-electron chi connectivity index (χ3n) is 8.77. The summed E-state index contributed by atoms with van der Waals surface area (Å²) in [6.07, 6.45) is 0. The second-order valence-corrected chi connectivity index (χ2v) is 12.4. The first-order valence-electron chi connectivity index (χ1n) is 15.0. The predicted octanol–water partition coefficient (Wildman–Crippen LogP) is 12.2. The number of hydrogen-bond acceptors (Lipinski definition) is 1. The van der Waals surface area contributed by atoms with E-state index in [9.17, 15) is 0 Å². The highest BCUT2D eigenvalue weighted by Crippen LogP contribution is 2.46. The fraction of sp³-hybridized carbons (Fsp3) is 0. The van der Waals surface area contributed by atoms with Crippen molar-refractivity contribution in [3.63, 3.8) is 0 Å². The van der Waals surface area contributed by atoms with Crippen LogP contribution in [0.5, 0.6) is 0 Å². The second kappa shape index (κ2) is 10.1. The van der Waals surface area contributed by atoms with Gasteiger partial charge in [0.1, 0.15) is 0 Å². The number of fused-ring (bicyclic) bond motifs is 7. The van der Waals surface area contributed by atoms with Gasteiger partial charge in [-0.2, -0.15) is 0 Å². The predicted molar refractivity (Wildman–Crippen MR) is 190 cm³/mol. The van der Waals surface area contributed by atoms with Gasteiger partial charge < -0.3 is 4.57 Å². The Kier molecular flexibility index (Phi) is 5.75. The van der Waals surface area contributed by atoms with E-state index in [4.69, 9.17) is 0 Å². The van der Waals surface area contributed by atoms with Gasteiger partial charge in [0.2, 0.25) is 0 Å². The van der Waals surface area contributed by atoms with Crippen LogP contribution in [0.25, 0.3) is 81.0 Å². The fourth-order valence-electron chi connectivity index (χ4n) is 6.81. The highest BCUT2D eigenvalue weighted by Gasteiger charge is 2.19. The molecule has 0 radical (unpaired) electrons. The van der Waals surface area contributed by atoms with Gasteiger partial charge >= 0.3 is 0 Å². The maximum absolute atomic E-state index is 2.47. The van der Waals surface area contributed by atoms with Gasteiger partial charge in [0.05, 0.1) is 11.0 Å². The molecule has 1 nitrogen and oxygen atoms in total. The second-order valence-electron chi connectivity index (χ2n) is 11.3. The number of nitrogens with zero attached hydrogens (tertiary/aromatic N) is 1. The van der Waals surface area contributed by atoms with E-state index >= 15 is 0 Å². The van der Waals surface area contributed by atoms with E-state index in [1.165, 1.54) is 81.0 Å². The van der Waals surface area contributed by atoms with Crippen molar-refractivity contribution in [1.29, 1.82) is 0 Å². The Hall–Kier alpha value is -5.44. The lowest BCUT2D eigenvalue weighted by Gasteiger charge is -2.14. The number of para-hydroxylation sites is 1. The number of rotatable bonds is 4. The first kappa shape index (κ1) is 25.1. The average Bonchev–Trinajstić information content (AvgIpc) is 3.65. The van der Waals surface area contributed by atoms with E-state index in [0.29, 0.717) is 0 Å². The van der Waals surface area contributed by atoms with Crippen molar-refractivity contribution in [3.05, 3.63) is 164 Å². The third-order valence-corrected chi connectivity index (χ3v) is 9.98.